The molecule has 0 aliphatic carbocycles. The SMILES string of the molecule is O=C(Nc1ccc(-c2nc3ccccc3o2)cc1)c1cnsn1. The molecule has 2 aromatic carbocycles. The van der Waals surface area contributed by atoms with Gasteiger partial charge in [-0.15, -0.1) is 0 Å². The minimum absolute atomic E-state index is 0.284. The molecule has 0 spiro atoms. The van der Waals surface area contributed by atoms with Crippen molar-refractivity contribution in [1.29, 1.82) is 0 Å². The number of aromatic nitrogens is 3. The smallest absolute Gasteiger partial charge is 0.277 e. The Morgan fingerprint density at radius 3 is 2.65 bits per heavy atom. The molecule has 2 aromatic heterocycles. The third kappa shape index (κ3) is 2.69. The lowest BCUT2D eigenvalue weighted by Gasteiger charge is -2.03. The van der Waals surface area contributed by atoms with Gasteiger partial charge < -0.3 is 9.73 Å². The largest absolute Gasteiger partial charge is 0.436 e. The van der Waals surface area contributed by atoms with E-state index in [1.807, 2.05) is 36.4 Å². The molecule has 0 aliphatic heterocycles. The van der Waals surface area contributed by atoms with Crippen molar-refractivity contribution < 1.29 is 9.21 Å². The van der Waals surface area contributed by atoms with E-state index in [1.54, 1.807) is 12.1 Å². The molecule has 0 saturated carbocycles. The Morgan fingerprint density at radius 1 is 1.09 bits per heavy atom. The van der Waals surface area contributed by atoms with E-state index in [1.165, 1.54) is 6.20 Å². The van der Waals surface area contributed by atoms with E-state index in [2.05, 4.69) is 19.0 Å². The summed E-state index contributed by atoms with van der Waals surface area (Å²) in [5.41, 5.74) is 3.38. The summed E-state index contributed by atoms with van der Waals surface area (Å²) in [4.78, 5) is 16.4. The summed E-state index contributed by atoms with van der Waals surface area (Å²) < 4.78 is 13.4. The zero-order valence-corrected chi connectivity index (χ0v) is 12.6. The fourth-order valence-corrected chi connectivity index (χ4v) is 2.56. The minimum atomic E-state index is -0.284. The molecule has 0 fully saturated rings. The lowest BCUT2D eigenvalue weighted by atomic mass is 10.2. The van der Waals surface area contributed by atoms with Gasteiger partial charge in [0.25, 0.3) is 5.91 Å². The number of para-hydroxylation sites is 2. The van der Waals surface area contributed by atoms with Crippen molar-refractivity contribution in [2.45, 2.75) is 0 Å². The number of nitrogens with zero attached hydrogens (tertiary/aromatic N) is 3. The van der Waals surface area contributed by atoms with Crippen molar-refractivity contribution in [3.05, 3.63) is 60.4 Å². The number of nitrogens with one attached hydrogen (secondary N) is 1. The van der Waals surface area contributed by atoms with Crippen molar-refractivity contribution in [1.82, 2.24) is 13.7 Å². The van der Waals surface area contributed by atoms with E-state index in [-0.39, 0.29) is 5.91 Å². The molecule has 0 aliphatic rings. The fourth-order valence-electron chi connectivity index (χ4n) is 2.15. The standard InChI is InChI=1S/C16H10N4O2S/c21-15(13-9-17-23-20-13)18-11-7-5-10(6-8-11)16-19-12-3-1-2-4-14(12)22-16/h1-9H,(H,18,21). The van der Waals surface area contributed by atoms with Crippen LogP contribution in [0.2, 0.25) is 0 Å². The Balaban J connectivity index is 1.57. The second-order valence-corrected chi connectivity index (χ2v) is 5.37. The van der Waals surface area contributed by atoms with E-state index in [9.17, 15) is 4.79 Å². The summed E-state index contributed by atoms with van der Waals surface area (Å²) in [5, 5.41) is 2.76. The van der Waals surface area contributed by atoms with Gasteiger partial charge in [-0.2, -0.15) is 8.75 Å². The minimum Gasteiger partial charge on any atom is -0.436 e. The fraction of sp³-hybridized carbons (Fsp3) is 0. The van der Waals surface area contributed by atoms with E-state index in [0.29, 0.717) is 17.3 Å². The molecular weight excluding hydrogens is 312 g/mol. The Hall–Kier alpha value is -3.06. The number of carbonyl (C=O) groups is 1. The van der Waals surface area contributed by atoms with Gasteiger partial charge in [0.1, 0.15) is 5.52 Å². The van der Waals surface area contributed by atoms with Crippen molar-refractivity contribution in [3.8, 4) is 11.5 Å². The van der Waals surface area contributed by atoms with Crippen LogP contribution >= 0.6 is 11.7 Å². The first-order valence-electron chi connectivity index (χ1n) is 6.84. The molecule has 4 aromatic rings. The van der Waals surface area contributed by atoms with E-state index in [0.717, 1.165) is 28.4 Å². The zero-order valence-electron chi connectivity index (χ0n) is 11.8. The molecular formula is C16H10N4O2S. The number of oxazole rings is 1. The van der Waals surface area contributed by atoms with E-state index < -0.39 is 0 Å². The van der Waals surface area contributed by atoms with Gasteiger partial charge in [0.2, 0.25) is 5.89 Å². The average Bonchev–Trinajstić information content (AvgIpc) is 3.25. The molecule has 0 atom stereocenters. The molecule has 0 saturated heterocycles. The molecule has 7 heteroatoms. The summed E-state index contributed by atoms with van der Waals surface area (Å²) in [7, 11) is 0. The number of rotatable bonds is 3. The van der Waals surface area contributed by atoms with E-state index in [4.69, 9.17) is 4.42 Å². The van der Waals surface area contributed by atoms with Gasteiger partial charge in [0.05, 0.1) is 17.9 Å². The maximum Gasteiger partial charge on any atom is 0.277 e. The highest BCUT2D eigenvalue weighted by Crippen LogP contribution is 2.25. The van der Waals surface area contributed by atoms with Gasteiger partial charge in [0, 0.05) is 11.3 Å². The van der Waals surface area contributed by atoms with Gasteiger partial charge in [0.15, 0.2) is 11.3 Å². The number of carbonyl (C=O) groups excluding carboxylic acids is 1. The molecule has 4 rings (SSSR count). The summed E-state index contributed by atoms with van der Waals surface area (Å²) in [6.45, 7) is 0. The molecule has 2 heterocycles. The molecule has 112 valence electrons. The molecule has 0 bridgehead atoms. The number of hydrogen-bond donors (Lipinski definition) is 1. The normalized spacial score (nSPS) is 10.8. The molecule has 1 amide bonds. The summed E-state index contributed by atoms with van der Waals surface area (Å²) in [5.74, 6) is 0.265. The second-order valence-electron chi connectivity index (χ2n) is 4.81. The highest BCUT2D eigenvalue weighted by atomic mass is 32.1. The predicted octanol–water partition coefficient (Wildman–Crippen LogP) is 3.60. The summed E-state index contributed by atoms with van der Waals surface area (Å²) >= 11 is 0.999. The molecule has 23 heavy (non-hydrogen) atoms. The van der Waals surface area contributed by atoms with Crippen molar-refractivity contribution in [2.75, 3.05) is 5.32 Å². The Kier molecular flexibility index (Phi) is 3.32. The number of hydrogen-bond acceptors (Lipinski definition) is 6. The summed E-state index contributed by atoms with van der Waals surface area (Å²) in [6, 6.07) is 14.9. The van der Waals surface area contributed by atoms with E-state index >= 15 is 0 Å². The van der Waals surface area contributed by atoms with Crippen LogP contribution in [0.25, 0.3) is 22.6 Å². The third-order valence-corrected chi connectivity index (χ3v) is 3.76. The average molecular weight is 322 g/mol. The van der Waals surface area contributed by atoms with Gasteiger partial charge in [-0.1, -0.05) is 12.1 Å². The Morgan fingerprint density at radius 2 is 1.91 bits per heavy atom. The summed E-state index contributed by atoms with van der Waals surface area (Å²) in [6.07, 6.45) is 1.44. The van der Waals surface area contributed by atoms with Crippen molar-refractivity contribution in [2.24, 2.45) is 0 Å². The second kappa shape index (κ2) is 5.62. The highest BCUT2D eigenvalue weighted by Gasteiger charge is 2.10. The van der Waals surface area contributed by atoms with Crippen LogP contribution in [0.5, 0.6) is 0 Å². The van der Waals surface area contributed by atoms with Crippen LogP contribution in [0.3, 0.4) is 0 Å². The maximum absolute atomic E-state index is 11.9. The van der Waals surface area contributed by atoms with Crippen LogP contribution in [0.1, 0.15) is 10.5 Å². The topological polar surface area (TPSA) is 80.9 Å². The maximum atomic E-state index is 11.9. The lowest BCUT2D eigenvalue weighted by Crippen LogP contribution is -2.11. The first-order valence-corrected chi connectivity index (χ1v) is 7.57. The molecule has 0 radical (unpaired) electrons. The van der Waals surface area contributed by atoms with Crippen LogP contribution in [-0.4, -0.2) is 19.6 Å². The lowest BCUT2D eigenvalue weighted by molar-refractivity contribution is 0.102. The van der Waals surface area contributed by atoms with Crippen LogP contribution in [0, 0.1) is 0 Å². The van der Waals surface area contributed by atoms with Crippen molar-refractivity contribution in [3.63, 3.8) is 0 Å². The van der Waals surface area contributed by atoms with Crippen LogP contribution < -0.4 is 5.32 Å². The third-order valence-electron chi connectivity index (χ3n) is 3.28. The first-order chi connectivity index (χ1) is 11.3. The van der Waals surface area contributed by atoms with Crippen LogP contribution in [0.4, 0.5) is 5.69 Å². The van der Waals surface area contributed by atoms with Gasteiger partial charge in [-0.05, 0) is 36.4 Å². The molecule has 0 unspecified atom stereocenters. The Bertz CT molecular complexity index is 928. The molecule has 1 N–H and O–H groups in total. The van der Waals surface area contributed by atoms with Gasteiger partial charge >= 0.3 is 0 Å². The van der Waals surface area contributed by atoms with Crippen molar-refractivity contribution >= 4 is 34.4 Å². The van der Waals surface area contributed by atoms with Gasteiger partial charge in [-0.25, -0.2) is 4.98 Å². The van der Waals surface area contributed by atoms with Crippen LogP contribution in [-0.2, 0) is 0 Å². The number of amides is 1. The predicted molar refractivity (Wildman–Crippen MR) is 87.3 cm³/mol. The number of fused-ring (bicyclic) bond motifs is 1. The molecule has 6 nitrogen and oxygen atoms in total. The van der Waals surface area contributed by atoms with Crippen LogP contribution in [0.15, 0.2) is 59.1 Å². The Labute approximate surface area is 135 Å². The van der Waals surface area contributed by atoms with Gasteiger partial charge in [-0.3, -0.25) is 4.79 Å². The quantitative estimate of drug-likeness (QED) is 0.623. The zero-order chi connectivity index (χ0) is 15.6. The number of benzene rings is 2. The first kappa shape index (κ1) is 13.6. The number of anilines is 1. The highest BCUT2D eigenvalue weighted by molar-refractivity contribution is 6.99. The monoisotopic (exact) mass is 322 g/mol.